The average molecular weight is 464 g/mol. The zero-order valence-corrected chi connectivity index (χ0v) is 18.7. The minimum absolute atomic E-state index is 0.148. The van der Waals surface area contributed by atoms with E-state index in [1.54, 1.807) is 19.1 Å². The van der Waals surface area contributed by atoms with Gasteiger partial charge in [-0.1, -0.05) is 53.8 Å². The molecular formula is C24H19F2N5OS. The molecule has 0 fully saturated rings. The highest BCUT2D eigenvalue weighted by molar-refractivity contribution is 7.22. The van der Waals surface area contributed by atoms with Gasteiger partial charge >= 0.3 is 0 Å². The van der Waals surface area contributed by atoms with Crippen LogP contribution in [0.2, 0.25) is 0 Å². The second-order valence-electron chi connectivity index (χ2n) is 7.69. The fourth-order valence-corrected chi connectivity index (χ4v) is 4.82. The van der Waals surface area contributed by atoms with Crippen molar-refractivity contribution in [1.29, 1.82) is 0 Å². The number of thiazole rings is 1. The number of carbonyl (C=O) groups excluding carboxylic acids is 1. The molecule has 166 valence electrons. The van der Waals surface area contributed by atoms with Gasteiger partial charge in [-0.2, -0.15) is 5.10 Å². The summed E-state index contributed by atoms with van der Waals surface area (Å²) < 4.78 is 30.2. The van der Waals surface area contributed by atoms with E-state index < -0.39 is 6.43 Å². The van der Waals surface area contributed by atoms with Crippen molar-refractivity contribution in [2.24, 2.45) is 0 Å². The number of aromatic nitrogens is 4. The van der Waals surface area contributed by atoms with Crippen LogP contribution >= 0.6 is 11.3 Å². The number of rotatable bonds is 5. The van der Waals surface area contributed by atoms with E-state index in [-0.39, 0.29) is 29.0 Å². The molecule has 0 saturated heterocycles. The van der Waals surface area contributed by atoms with Crippen LogP contribution in [0.3, 0.4) is 0 Å². The molecule has 0 atom stereocenters. The van der Waals surface area contributed by atoms with Crippen LogP contribution in [-0.4, -0.2) is 25.7 Å². The van der Waals surface area contributed by atoms with Gasteiger partial charge in [-0.15, -0.1) is 0 Å². The van der Waals surface area contributed by atoms with E-state index in [4.69, 9.17) is 0 Å². The van der Waals surface area contributed by atoms with Crippen molar-refractivity contribution in [1.82, 2.24) is 19.7 Å². The number of halogens is 2. The first kappa shape index (κ1) is 21.1. The standard InChI is InChI=1S/C24H19F2N5OS/c1-13-7-6-10-18-21(13)29-24(33-18)28-19(32)12-31-23-20(14(2)30-31)16(22(25)26)11-17(27-23)15-8-4-3-5-9-15/h3-11,22H,12H2,1-2H3,(H,28,29,32). The lowest BCUT2D eigenvalue weighted by molar-refractivity contribution is -0.116. The molecule has 9 heteroatoms. The fraction of sp³-hybridized carbons (Fsp3) is 0.167. The predicted molar refractivity (Wildman–Crippen MR) is 126 cm³/mol. The van der Waals surface area contributed by atoms with E-state index in [1.807, 2.05) is 43.3 Å². The Balaban J connectivity index is 1.51. The van der Waals surface area contributed by atoms with Crippen LogP contribution in [0, 0.1) is 13.8 Å². The molecule has 0 bridgehead atoms. The lowest BCUT2D eigenvalue weighted by atomic mass is 10.1. The third-order valence-corrected chi connectivity index (χ3v) is 6.31. The molecule has 0 aliphatic rings. The number of fused-ring (bicyclic) bond motifs is 2. The summed E-state index contributed by atoms with van der Waals surface area (Å²) in [4.78, 5) is 21.9. The normalized spacial score (nSPS) is 11.5. The van der Waals surface area contributed by atoms with Crippen molar-refractivity contribution in [3.05, 3.63) is 71.4 Å². The molecule has 0 unspecified atom stereocenters. The van der Waals surface area contributed by atoms with Gasteiger partial charge in [0.2, 0.25) is 5.91 Å². The molecule has 6 nitrogen and oxygen atoms in total. The molecule has 33 heavy (non-hydrogen) atoms. The molecule has 0 radical (unpaired) electrons. The molecule has 3 aromatic heterocycles. The monoisotopic (exact) mass is 463 g/mol. The van der Waals surface area contributed by atoms with Gasteiger partial charge in [0, 0.05) is 11.1 Å². The molecule has 1 amide bonds. The van der Waals surface area contributed by atoms with Gasteiger partial charge in [-0.3, -0.25) is 4.79 Å². The summed E-state index contributed by atoms with van der Waals surface area (Å²) in [5, 5.41) is 7.89. The maximum absolute atomic E-state index is 13.9. The Morgan fingerprint density at radius 2 is 1.88 bits per heavy atom. The van der Waals surface area contributed by atoms with Crippen molar-refractivity contribution >= 4 is 43.6 Å². The molecule has 3 heterocycles. The average Bonchev–Trinajstić information content (AvgIpc) is 3.35. The highest BCUT2D eigenvalue weighted by Gasteiger charge is 2.22. The molecule has 5 rings (SSSR count). The number of carbonyl (C=O) groups is 1. The molecule has 0 aliphatic carbocycles. The van der Waals surface area contributed by atoms with Crippen LogP contribution in [0.4, 0.5) is 13.9 Å². The summed E-state index contributed by atoms with van der Waals surface area (Å²) in [6.07, 6.45) is -2.70. The lowest BCUT2D eigenvalue weighted by Gasteiger charge is -2.09. The van der Waals surface area contributed by atoms with Crippen molar-refractivity contribution in [2.45, 2.75) is 26.8 Å². The SMILES string of the molecule is Cc1cccc2sc(NC(=O)Cn3nc(C)c4c(C(F)F)cc(-c5ccccc5)nc43)nc12. The Bertz CT molecular complexity index is 1490. The highest BCUT2D eigenvalue weighted by Crippen LogP contribution is 2.33. The summed E-state index contributed by atoms with van der Waals surface area (Å²) in [6, 6.07) is 16.3. The minimum Gasteiger partial charge on any atom is -0.300 e. The number of aryl methyl sites for hydroxylation is 2. The summed E-state index contributed by atoms with van der Waals surface area (Å²) >= 11 is 1.38. The van der Waals surface area contributed by atoms with Crippen LogP contribution < -0.4 is 5.32 Å². The van der Waals surface area contributed by atoms with Crippen molar-refractivity contribution in [3.8, 4) is 11.3 Å². The Morgan fingerprint density at radius 3 is 2.61 bits per heavy atom. The number of nitrogens with one attached hydrogen (secondary N) is 1. The zero-order chi connectivity index (χ0) is 23.1. The van der Waals surface area contributed by atoms with Gasteiger partial charge < -0.3 is 5.32 Å². The van der Waals surface area contributed by atoms with Gasteiger partial charge in [0.15, 0.2) is 10.8 Å². The van der Waals surface area contributed by atoms with E-state index in [9.17, 15) is 13.6 Å². The van der Waals surface area contributed by atoms with Gasteiger partial charge in [0.05, 0.1) is 27.0 Å². The molecule has 1 N–H and O–H groups in total. The topological polar surface area (TPSA) is 72.7 Å². The van der Waals surface area contributed by atoms with E-state index in [0.717, 1.165) is 15.8 Å². The molecular weight excluding hydrogens is 444 g/mol. The Labute approximate surface area is 191 Å². The first-order valence-corrected chi connectivity index (χ1v) is 11.1. The number of para-hydroxylation sites is 1. The summed E-state index contributed by atoms with van der Waals surface area (Å²) in [5.41, 5.74) is 3.48. The van der Waals surface area contributed by atoms with Gasteiger partial charge in [-0.05, 0) is 31.5 Å². The van der Waals surface area contributed by atoms with Crippen LogP contribution in [-0.2, 0) is 11.3 Å². The molecule has 0 spiro atoms. The van der Waals surface area contributed by atoms with E-state index in [1.165, 1.54) is 22.1 Å². The van der Waals surface area contributed by atoms with Gasteiger partial charge in [0.1, 0.15) is 6.54 Å². The summed E-state index contributed by atoms with van der Waals surface area (Å²) in [7, 11) is 0. The number of amides is 1. The van der Waals surface area contributed by atoms with E-state index in [2.05, 4.69) is 20.4 Å². The van der Waals surface area contributed by atoms with Crippen molar-refractivity contribution in [2.75, 3.05) is 5.32 Å². The largest absolute Gasteiger partial charge is 0.300 e. The minimum atomic E-state index is -2.70. The second-order valence-corrected chi connectivity index (χ2v) is 8.72. The maximum atomic E-state index is 13.9. The first-order chi connectivity index (χ1) is 15.9. The van der Waals surface area contributed by atoms with Crippen LogP contribution in [0.5, 0.6) is 0 Å². The Kier molecular flexibility index (Phi) is 5.33. The van der Waals surface area contributed by atoms with E-state index in [0.29, 0.717) is 22.1 Å². The Morgan fingerprint density at radius 1 is 1.09 bits per heavy atom. The number of nitrogens with zero attached hydrogens (tertiary/aromatic N) is 4. The Hall–Kier alpha value is -3.72. The van der Waals surface area contributed by atoms with Crippen LogP contribution in [0.15, 0.2) is 54.6 Å². The molecule has 0 saturated carbocycles. The van der Waals surface area contributed by atoms with Crippen molar-refractivity contribution in [3.63, 3.8) is 0 Å². The third kappa shape index (κ3) is 3.95. The maximum Gasteiger partial charge on any atom is 0.264 e. The smallest absolute Gasteiger partial charge is 0.264 e. The zero-order valence-electron chi connectivity index (χ0n) is 17.8. The van der Waals surface area contributed by atoms with Gasteiger partial charge in [-0.25, -0.2) is 23.4 Å². The third-order valence-electron chi connectivity index (χ3n) is 5.37. The number of hydrogen-bond donors (Lipinski definition) is 1. The van der Waals surface area contributed by atoms with Crippen LogP contribution in [0.25, 0.3) is 32.5 Å². The number of hydrogen-bond acceptors (Lipinski definition) is 5. The number of pyridine rings is 1. The number of benzene rings is 2. The molecule has 0 aliphatic heterocycles. The summed E-state index contributed by atoms with van der Waals surface area (Å²) in [5.74, 6) is -0.360. The van der Waals surface area contributed by atoms with Crippen LogP contribution in [0.1, 0.15) is 23.2 Å². The quantitative estimate of drug-likeness (QED) is 0.352. The second kappa shape index (κ2) is 8.32. The number of anilines is 1. The van der Waals surface area contributed by atoms with Crippen molar-refractivity contribution < 1.29 is 13.6 Å². The van der Waals surface area contributed by atoms with Gasteiger partial charge in [0.25, 0.3) is 6.43 Å². The highest BCUT2D eigenvalue weighted by atomic mass is 32.1. The summed E-state index contributed by atoms with van der Waals surface area (Å²) in [6.45, 7) is 3.43. The number of alkyl halides is 2. The lowest BCUT2D eigenvalue weighted by Crippen LogP contribution is -2.19. The van der Waals surface area contributed by atoms with E-state index >= 15 is 0 Å². The molecule has 2 aromatic carbocycles. The first-order valence-electron chi connectivity index (χ1n) is 10.3. The molecule has 5 aromatic rings. The predicted octanol–water partition coefficient (Wildman–Crippen LogP) is 5.90. The fourth-order valence-electron chi connectivity index (χ4n) is 3.86.